The third-order valence-corrected chi connectivity index (χ3v) is 4.95. The number of carboxylic acid groups (broad SMARTS) is 1. The molecule has 0 aliphatic heterocycles. The maximum atomic E-state index is 11.8. The van der Waals surface area contributed by atoms with Gasteiger partial charge in [-0.3, -0.25) is 4.79 Å². The van der Waals surface area contributed by atoms with Gasteiger partial charge in [-0.1, -0.05) is 26.2 Å². The van der Waals surface area contributed by atoms with Gasteiger partial charge in [0, 0.05) is 18.3 Å². The number of thioether (sulfide) groups is 1. The summed E-state index contributed by atoms with van der Waals surface area (Å²) >= 11 is 1.77. The van der Waals surface area contributed by atoms with Crippen molar-refractivity contribution in [2.24, 2.45) is 5.41 Å². The minimum atomic E-state index is -0.785. The van der Waals surface area contributed by atoms with E-state index in [1.165, 1.54) is 0 Å². The van der Waals surface area contributed by atoms with Gasteiger partial charge in [0.1, 0.15) is 0 Å². The summed E-state index contributed by atoms with van der Waals surface area (Å²) in [5.74, 6) is 1.11. The summed E-state index contributed by atoms with van der Waals surface area (Å²) < 4.78 is 0. The van der Waals surface area contributed by atoms with Crippen molar-refractivity contribution in [3.05, 3.63) is 0 Å². The Bertz CT molecular complexity index is 330. The van der Waals surface area contributed by atoms with Crippen LogP contribution in [0.3, 0.4) is 0 Å². The second kappa shape index (κ2) is 8.39. The topological polar surface area (TPSA) is 78.4 Å². The van der Waals surface area contributed by atoms with Gasteiger partial charge in [0.25, 0.3) is 0 Å². The van der Waals surface area contributed by atoms with Crippen LogP contribution < -0.4 is 10.6 Å². The molecule has 0 aromatic carbocycles. The highest BCUT2D eigenvalue weighted by Gasteiger charge is 2.39. The Morgan fingerprint density at radius 3 is 2.50 bits per heavy atom. The van der Waals surface area contributed by atoms with Crippen LogP contribution in [0.5, 0.6) is 0 Å². The number of aliphatic carboxylic acids is 1. The SMILES string of the molecule is CCSCC(C)NC(=O)NCC1(C(=O)O)CCCCC1. The normalized spacial score (nSPS) is 19.1. The second-order valence-corrected chi connectivity index (χ2v) is 6.85. The third-order valence-electron chi connectivity index (χ3n) is 3.80. The van der Waals surface area contributed by atoms with Gasteiger partial charge >= 0.3 is 12.0 Å². The lowest BCUT2D eigenvalue weighted by Crippen LogP contribution is -2.49. The van der Waals surface area contributed by atoms with E-state index in [4.69, 9.17) is 0 Å². The molecule has 1 atom stereocenters. The van der Waals surface area contributed by atoms with Crippen LogP contribution in [-0.2, 0) is 4.79 Å². The molecule has 6 heteroatoms. The molecule has 1 saturated carbocycles. The second-order valence-electron chi connectivity index (χ2n) is 5.53. The van der Waals surface area contributed by atoms with Crippen molar-refractivity contribution < 1.29 is 14.7 Å². The van der Waals surface area contributed by atoms with E-state index in [0.717, 1.165) is 30.8 Å². The number of amides is 2. The third kappa shape index (κ3) is 5.23. The Labute approximate surface area is 125 Å². The van der Waals surface area contributed by atoms with E-state index in [9.17, 15) is 14.7 Å². The summed E-state index contributed by atoms with van der Waals surface area (Å²) in [4.78, 5) is 23.3. The minimum Gasteiger partial charge on any atom is -0.481 e. The lowest BCUT2D eigenvalue weighted by molar-refractivity contribution is -0.150. The van der Waals surface area contributed by atoms with Crippen molar-refractivity contribution in [3.8, 4) is 0 Å². The molecule has 1 rings (SSSR count). The smallest absolute Gasteiger partial charge is 0.315 e. The summed E-state index contributed by atoms with van der Waals surface area (Å²) in [7, 11) is 0. The van der Waals surface area contributed by atoms with Crippen molar-refractivity contribution >= 4 is 23.8 Å². The average Bonchev–Trinajstić information content (AvgIpc) is 2.43. The molecule has 0 radical (unpaired) electrons. The standard InChI is InChI=1S/C14H26N2O3S/c1-3-20-9-11(2)16-13(19)15-10-14(12(17)18)7-5-4-6-8-14/h11H,3-10H2,1-2H3,(H,17,18)(H2,15,16,19). The molecule has 1 aliphatic rings. The highest BCUT2D eigenvalue weighted by atomic mass is 32.2. The van der Waals surface area contributed by atoms with E-state index >= 15 is 0 Å². The van der Waals surface area contributed by atoms with Crippen LogP contribution in [0.25, 0.3) is 0 Å². The molecule has 3 N–H and O–H groups in total. The summed E-state index contributed by atoms with van der Waals surface area (Å²) in [6.45, 7) is 4.26. The molecule has 0 heterocycles. The zero-order valence-electron chi connectivity index (χ0n) is 12.4. The van der Waals surface area contributed by atoms with Crippen LogP contribution >= 0.6 is 11.8 Å². The zero-order chi connectivity index (χ0) is 15.0. The fourth-order valence-corrected chi connectivity index (χ4v) is 3.23. The van der Waals surface area contributed by atoms with E-state index in [2.05, 4.69) is 17.6 Å². The van der Waals surface area contributed by atoms with Crippen molar-refractivity contribution in [2.45, 2.75) is 52.0 Å². The van der Waals surface area contributed by atoms with Gasteiger partial charge in [0.15, 0.2) is 0 Å². The number of carbonyl (C=O) groups is 2. The molecule has 5 nitrogen and oxygen atoms in total. The Hall–Kier alpha value is -0.910. The van der Waals surface area contributed by atoms with Crippen molar-refractivity contribution in [1.82, 2.24) is 10.6 Å². The van der Waals surface area contributed by atoms with E-state index < -0.39 is 11.4 Å². The molecular weight excluding hydrogens is 276 g/mol. The zero-order valence-corrected chi connectivity index (χ0v) is 13.2. The number of rotatable bonds is 7. The first kappa shape index (κ1) is 17.1. The van der Waals surface area contributed by atoms with Crippen molar-refractivity contribution in [1.29, 1.82) is 0 Å². The Morgan fingerprint density at radius 2 is 1.95 bits per heavy atom. The first-order valence-electron chi connectivity index (χ1n) is 7.35. The Morgan fingerprint density at radius 1 is 1.30 bits per heavy atom. The number of urea groups is 1. The van der Waals surface area contributed by atoms with Crippen molar-refractivity contribution in [3.63, 3.8) is 0 Å². The van der Waals surface area contributed by atoms with Crippen molar-refractivity contribution in [2.75, 3.05) is 18.1 Å². The highest BCUT2D eigenvalue weighted by Crippen LogP contribution is 2.35. The molecule has 1 aliphatic carbocycles. The molecule has 1 unspecified atom stereocenters. The first-order chi connectivity index (χ1) is 9.50. The number of hydrogen-bond donors (Lipinski definition) is 3. The molecule has 0 saturated heterocycles. The molecule has 2 amide bonds. The maximum Gasteiger partial charge on any atom is 0.315 e. The summed E-state index contributed by atoms with van der Waals surface area (Å²) in [5, 5.41) is 15.0. The van der Waals surface area contributed by atoms with Crippen LogP contribution in [-0.4, -0.2) is 41.2 Å². The average molecular weight is 302 g/mol. The van der Waals surface area contributed by atoms with Gasteiger partial charge in [-0.05, 0) is 25.5 Å². The first-order valence-corrected chi connectivity index (χ1v) is 8.51. The molecule has 1 fully saturated rings. The summed E-state index contributed by atoms with van der Waals surface area (Å²) in [5.41, 5.74) is -0.767. The number of carboxylic acids is 1. The van der Waals surface area contributed by atoms with Gasteiger partial charge in [0.2, 0.25) is 0 Å². The molecule has 0 spiro atoms. The quantitative estimate of drug-likeness (QED) is 0.675. The number of hydrogen-bond acceptors (Lipinski definition) is 3. The maximum absolute atomic E-state index is 11.8. The largest absolute Gasteiger partial charge is 0.481 e. The lowest BCUT2D eigenvalue weighted by atomic mass is 9.74. The monoisotopic (exact) mass is 302 g/mol. The van der Waals surface area contributed by atoms with E-state index in [1.807, 2.05) is 6.92 Å². The van der Waals surface area contributed by atoms with Gasteiger partial charge in [0.05, 0.1) is 5.41 Å². The van der Waals surface area contributed by atoms with Gasteiger partial charge in [-0.2, -0.15) is 11.8 Å². The lowest BCUT2D eigenvalue weighted by Gasteiger charge is -2.33. The van der Waals surface area contributed by atoms with E-state index in [1.54, 1.807) is 11.8 Å². The highest BCUT2D eigenvalue weighted by molar-refractivity contribution is 7.99. The molecule has 116 valence electrons. The van der Waals surface area contributed by atoms with E-state index in [-0.39, 0.29) is 18.6 Å². The van der Waals surface area contributed by atoms with Gasteiger partial charge in [-0.25, -0.2) is 4.79 Å². The predicted octanol–water partition coefficient (Wildman–Crippen LogP) is 2.46. The van der Waals surface area contributed by atoms with Crippen LogP contribution in [0, 0.1) is 5.41 Å². The molecule has 0 aromatic heterocycles. The van der Waals surface area contributed by atoms with Gasteiger partial charge in [-0.15, -0.1) is 0 Å². The molecule has 0 bridgehead atoms. The Balaban J connectivity index is 2.39. The predicted molar refractivity (Wildman–Crippen MR) is 82.1 cm³/mol. The minimum absolute atomic E-state index is 0.0899. The molecule has 20 heavy (non-hydrogen) atoms. The summed E-state index contributed by atoms with van der Waals surface area (Å²) in [6, 6.07) is -0.174. The number of carbonyl (C=O) groups excluding carboxylic acids is 1. The fourth-order valence-electron chi connectivity index (χ4n) is 2.56. The van der Waals surface area contributed by atoms with Crippen LogP contribution in [0.2, 0.25) is 0 Å². The Kier molecular flexibility index (Phi) is 7.19. The van der Waals surface area contributed by atoms with Gasteiger partial charge < -0.3 is 15.7 Å². The summed E-state index contributed by atoms with van der Waals surface area (Å²) in [6.07, 6.45) is 4.26. The molecule has 0 aromatic rings. The van der Waals surface area contributed by atoms with E-state index in [0.29, 0.717) is 12.8 Å². The molecular formula is C14H26N2O3S. The fraction of sp³-hybridized carbons (Fsp3) is 0.857. The van der Waals surface area contributed by atoms with Crippen LogP contribution in [0.15, 0.2) is 0 Å². The van der Waals surface area contributed by atoms with Crippen LogP contribution in [0.4, 0.5) is 4.79 Å². The van der Waals surface area contributed by atoms with Crippen LogP contribution in [0.1, 0.15) is 46.0 Å². The number of nitrogens with one attached hydrogen (secondary N) is 2.